The lowest BCUT2D eigenvalue weighted by Gasteiger charge is -2.37. The fourth-order valence-electron chi connectivity index (χ4n) is 1.50. The van der Waals surface area contributed by atoms with E-state index in [4.69, 9.17) is 5.73 Å². The maximum Gasteiger partial charge on any atom is 0.221 e. The third kappa shape index (κ3) is 3.19. The molecule has 3 heteroatoms. The standard InChI is InChI=1S/C10H18N2O/c1-2-3-7-12-9(13)8-10(11)5-4-6-10/h2H,1,3-8,11H2,(H,12,13). The summed E-state index contributed by atoms with van der Waals surface area (Å²) in [6.45, 7) is 4.26. The van der Waals surface area contributed by atoms with Gasteiger partial charge in [0.25, 0.3) is 0 Å². The Morgan fingerprint density at radius 2 is 2.31 bits per heavy atom. The van der Waals surface area contributed by atoms with Crippen molar-refractivity contribution in [3.05, 3.63) is 12.7 Å². The Morgan fingerprint density at radius 3 is 2.77 bits per heavy atom. The molecule has 3 N–H and O–H groups in total. The lowest BCUT2D eigenvalue weighted by atomic mass is 9.75. The average molecular weight is 182 g/mol. The van der Waals surface area contributed by atoms with Crippen molar-refractivity contribution in [3.63, 3.8) is 0 Å². The first-order valence-corrected chi connectivity index (χ1v) is 4.83. The summed E-state index contributed by atoms with van der Waals surface area (Å²) in [5.41, 5.74) is 5.73. The van der Waals surface area contributed by atoms with Crippen LogP contribution in [0.2, 0.25) is 0 Å². The van der Waals surface area contributed by atoms with Crippen molar-refractivity contribution in [2.75, 3.05) is 6.54 Å². The summed E-state index contributed by atoms with van der Waals surface area (Å²) in [7, 11) is 0. The van der Waals surface area contributed by atoms with E-state index in [1.165, 1.54) is 0 Å². The first-order chi connectivity index (χ1) is 6.16. The van der Waals surface area contributed by atoms with Crippen molar-refractivity contribution >= 4 is 5.91 Å². The molecule has 0 spiro atoms. The van der Waals surface area contributed by atoms with Gasteiger partial charge in [-0.15, -0.1) is 6.58 Å². The Labute approximate surface area is 79.4 Å². The molecule has 1 fully saturated rings. The van der Waals surface area contributed by atoms with Gasteiger partial charge in [-0.05, 0) is 25.7 Å². The zero-order valence-electron chi connectivity index (χ0n) is 8.01. The Balaban J connectivity index is 2.13. The summed E-state index contributed by atoms with van der Waals surface area (Å²) in [5, 5.41) is 2.82. The van der Waals surface area contributed by atoms with Crippen LogP contribution in [0, 0.1) is 0 Å². The minimum Gasteiger partial charge on any atom is -0.356 e. The molecule has 1 rings (SSSR count). The second-order valence-corrected chi connectivity index (χ2v) is 3.82. The van der Waals surface area contributed by atoms with Gasteiger partial charge in [0.2, 0.25) is 5.91 Å². The molecule has 0 radical (unpaired) electrons. The van der Waals surface area contributed by atoms with Crippen LogP contribution < -0.4 is 11.1 Å². The van der Waals surface area contributed by atoms with Gasteiger partial charge in [0.15, 0.2) is 0 Å². The summed E-state index contributed by atoms with van der Waals surface area (Å²) in [5.74, 6) is 0.0732. The number of carbonyl (C=O) groups is 1. The number of rotatable bonds is 5. The van der Waals surface area contributed by atoms with E-state index < -0.39 is 0 Å². The van der Waals surface area contributed by atoms with Crippen LogP contribution in [0.25, 0.3) is 0 Å². The van der Waals surface area contributed by atoms with Crippen LogP contribution in [0.15, 0.2) is 12.7 Å². The molecule has 0 aromatic heterocycles. The molecular weight excluding hydrogens is 164 g/mol. The first-order valence-electron chi connectivity index (χ1n) is 4.83. The highest BCUT2D eigenvalue weighted by Crippen LogP contribution is 2.31. The molecule has 1 aliphatic carbocycles. The molecule has 0 bridgehead atoms. The second kappa shape index (κ2) is 4.42. The van der Waals surface area contributed by atoms with Gasteiger partial charge in [-0.25, -0.2) is 0 Å². The summed E-state index contributed by atoms with van der Waals surface area (Å²) in [4.78, 5) is 11.3. The van der Waals surface area contributed by atoms with Crippen LogP contribution in [0.3, 0.4) is 0 Å². The number of carbonyl (C=O) groups excluding carboxylic acids is 1. The van der Waals surface area contributed by atoms with Gasteiger partial charge < -0.3 is 11.1 Å². The molecule has 0 heterocycles. The summed E-state index contributed by atoms with van der Waals surface area (Å²) >= 11 is 0. The van der Waals surface area contributed by atoms with Crippen LogP contribution in [0.1, 0.15) is 32.1 Å². The molecule has 1 saturated carbocycles. The van der Waals surface area contributed by atoms with Crippen molar-refractivity contribution < 1.29 is 4.79 Å². The largest absolute Gasteiger partial charge is 0.356 e. The molecule has 1 amide bonds. The fourth-order valence-corrected chi connectivity index (χ4v) is 1.50. The Bertz CT molecular complexity index is 197. The zero-order valence-corrected chi connectivity index (χ0v) is 8.01. The molecule has 13 heavy (non-hydrogen) atoms. The molecule has 0 unspecified atom stereocenters. The van der Waals surface area contributed by atoms with Crippen molar-refractivity contribution in [3.8, 4) is 0 Å². The minimum atomic E-state index is -0.196. The van der Waals surface area contributed by atoms with Crippen molar-refractivity contribution in [2.24, 2.45) is 5.73 Å². The van der Waals surface area contributed by atoms with Gasteiger partial charge >= 0.3 is 0 Å². The van der Waals surface area contributed by atoms with Gasteiger partial charge in [-0.1, -0.05) is 6.08 Å². The predicted molar refractivity (Wildman–Crippen MR) is 53.2 cm³/mol. The summed E-state index contributed by atoms with van der Waals surface area (Å²) in [6.07, 6.45) is 6.23. The van der Waals surface area contributed by atoms with E-state index in [2.05, 4.69) is 11.9 Å². The van der Waals surface area contributed by atoms with E-state index in [1.54, 1.807) is 6.08 Å². The Kier molecular flexibility index (Phi) is 3.48. The number of amides is 1. The molecule has 0 saturated heterocycles. The van der Waals surface area contributed by atoms with Gasteiger partial charge in [-0.3, -0.25) is 4.79 Å². The normalized spacial score (nSPS) is 18.8. The third-order valence-electron chi connectivity index (χ3n) is 2.53. The number of nitrogens with one attached hydrogen (secondary N) is 1. The lowest BCUT2D eigenvalue weighted by molar-refractivity contribution is -0.122. The number of nitrogens with two attached hydrogens (primary N) is 1. The molecule has 3 nitrogen and oxygen atoms in total. The van der Waals surface area contributed by atoms with Crippen LogP contribution >= 0.6 is 0 Å². The van der Waals surface area contributed by atoms with E-state index >= 15 is 0 Å². The fraction of sp³-hybridized carbons (Fsp3) is 0.700. The average Bonchev–Trinajstić information content (AvgIpc) is 2.02. The van der Waals surface area contributed by atoms with Gasteiger partial charge in [0.1, 0.15) is 0 Å². The zero-order chi connectivity index (χ0) is 9.73. The summed E-state index contributed by atoms with van der Waals surface area (Å²) < 4.78 is 0. The van der Waals surface area contributed by atoms with Gasteiger partial charge in [0, 0.05) is 18.5 Å². The monoisotopic (exact) mass is 182 g/mol. The van der Waals surface area contributed by atoms with Crippen LogP contribution in [-0.2, 0) is 4.79 Å². The van der Waals surface area contributed by atoms with Gasteiger partial charge in [-0.2, -0.15) is 0 Å². The van der Waals surface area contributed by atoms with Crippen LogP contribution in [0.5, 0.6) is 0 Å². The highest BCUT2D eigenvalue weighted by molar-refractivity contribution is 5.77. The molecule has 0 aromatic rings. The molecule has 0 aromatic carbocycles. The van der Waals surface area contributed by atoms with Crippen LogP contribution in [-0.4, -0.2) is 18.0 Å². The molecule has 74 valence electrons. The maximum atomic E-state index is 11.3. The van der Waals surface area contributed by atoms with E-state index in [9.17, 15) is 4.79 Å². The van der Waals surface area contributed by atoms with Crippen LogP contribution in [0.4, 0.5) is 0 Å². The van der Waals surface area contributed by atoms with Crippen molar-refractivity contribution in [1.29, 1.82) is 0 Å². The number of hydrogen-bond acceptors (Lipinski definition) is 2. The maximum absolute atomic E-state index is 11.3. The van der Waals surface area contributed by atoms with E-state index in [1.807, 2.05) is 0 Å². The molecule has 1 aliphatic rings. The second-order valence-electron chi connectivity index (χ2n) is 3.82. The minimum absolute atomic E-state index is 0.0732. The van der Waals surface area contributed by atoms with E-state index in [0.29, 0.717) is 13.0 Å². The van der Waals surface area contributed by atoms with Gasteiger partial charge in [0.05, 0.1) is 0 Å². The Morgan fingerprint density at radius 1 is 1.62 bits per heavy atom. The van der Waals surface area contributed by atoms with E-state index in [-0.39, 0.29) is 11.4 Å². The predicted octanol–water partition coefficient (Wildman–Crippen LogP) is 0.950. The number of hydrogen-bond donors (Lipinski definition) is 2. The highest BCUT2D eigenvalue weighted by Gasteiger charge is 2.34. The third-order valence-corrected chi connectivity index (χ3v) is 2.53. The molecule has 0 atom stereocenters. The molecular formula is C10H18N2O. The topological polar surface area (TPSA) is 55.1 Å². The Hall–Kier alpha value is -0.830. The SMILES string of the molecule is C=CCCNC(=O)CC1(N)CCC1. The van der Waals surface area contributed by atoms with E-state index in [0.717, 1.165) is 25.7 Å². The van der Waals surface area contributed by atoms with Crippen molar-refractivity contribution in [2.45, 2.75) is 37.6 Å². The highest BCUT2D eigenvalue weighted by atomic mass is 16.1. The smallest absolute Gasteiger partial charge is 0.221 e. The summed E-state index contributed by atoms with van der Waals surface area (Å²) in [6, 6.07) is 0. The quantitative estimate of drug-likeness (QED) is 0.491. The molecule has 0 aliphatic heterocycles. The first kappa shape index (κ1) is 10.3. The van der Waals surface area contributed by atoms with Crippen molar-refractivity contribution in [1.82, 2.24) is 5.32 Å². The lowest BCUT2D eigenvalue weighted by Crippen LogP contribution is -2.50.